The smallest absolute Gasteiger partial charge is 0.307 e. The molecule has 0 fully saturated rings. The summed E-state index contributed by atoms with van der Waals surface area (Å²) in [6, 6.07) is 2.91. The number of allylic oxidation sites excluding steroid dienone is 1. The van der Waals surface area contributed by atoms with Crippen molar-refractivity contribution in [2.45, 2.75) is 39.7 Å². The van der Waals surface area contributed by atoms with E-state index in [1.54, 1.807) is 13.8 Å². The number of hydrogen-bond donors (Lipinski definition) is 0. The van der Waals surface area contributed by atoms with E-state index in [1.807, 2.05) is 0 Å². The Labute approximate surface area is 144 Å². The molecule has 1 aliphatic rings. The molecule has 0 aromatic heterocycles. The van der Waals surface area contributed by atoms with Crippen molar-refractivity contribution in [3.63, 3.8) is 0 Å². The maximum Gasteiger partial charge on any atom is 0.307 e. The lowest BCUT2D eigenvalue weighted by Crippen LogP contribution is -2.24. The molecule has 0 saturated carbocycles. The number of rotatable bonds is 3. The Bertz CT molecular complexity index is 868. The summed E-state index contributed by atoms with van der Waals surface area (Å²) >= 11 is 0. The van der Waals surface area contributed by atoms with Crippen molar-refractivity contribution in [2.75, 3.05) is 0 Å². The Balaban J connectivity index is 2.72. The minimum Gasteiger partial charge on any atom is -0.430 e. The lowest BCUT2D eigenvalue weighted by Gasteiger charge is -2.15. The molecule has 6 nitrogen and oxygen atoms in total. The predicted molar refractivity (Wildman–Crippen MR) is 86.9 cm³/mol. The second-order valence-electron chi connectivity index (χ2n) is 6.09. The Morgan fingerprint density at radius 2 is 1.80 bits per heavy atom. The predicted octanol–water partition coefficient (Wildman–Crippen LogP) is 3.14. The summed E-state index contributed by atoms with van der Waals surface area (Å²) in [7, 11) is -4.47. The van der Waals surface area contributed by atoms with E-state index in [0.29, 0.717) is 0 Å². The van der Waals surface area contributed by atoms with E-state index in [9.17, 15) is 22.0 Å². The van der Waals surface area contributed by atoms with Crippen molar-refractivity contribution in [2.24, 2.45) is 5.16 Å². The summed E-state index contributed by atoms with van der Waals surface area (Å²) in [6.45, 7) is 5.42. The van der Waals surface area contributed by atoms with Gasteiger partial charge in [0, 0.05) is 13.3 Å². The number of benzene rings is 1. The Morgan fingerprint density at radius 3 is 2.24 bits per heavy atom. The SMILES string of the molecule is CC(=O)O/C(C)=C(/c1c(F)cccc1F)S(=O)(=O)C1=NOC(C)(C)C1. The van der Waals surface area contributed by atoms with Gasteiger partial charge in [0.2, 0.25) is 9.84 Å². The van der Waals surface area contributed by atoms with Gasteiger partial charge in [0.1, 0.15) is 27.9 Å². The molecule has 0 radical (unpaired) electrons. The fourth-order valence-corrected chi connectivity index (χ4v) is 4.13. The molecule has 0 amide bonds. The van der Waals surface area contributed by atoms with Gasteiger partial charge >= 0.3 is 5.97 Å². The second-order valence-corrected chi connectivity index (χ2v) is 7.98. The van der Waals surface area contributed by atoms with Crippen LogP contribution in [0.5, 0.6) is 0 Å². The van der Waals surface area contributed by atoms with E-state index in [-0.39, 0.29) is 6.42 Å². The first-order chi connectivity index (χ1) is 11.5. The molecule has 0 bridgehead atoms. The third-order valence-electron chi connectivity index (χ3n) is 3.36. The molecule has 1 aromatic rings. The standard InChI is InChI=1S/C16H17F2NO5S/c1-9(23-10(2)20)15(14-11(17)6-5-7-12(14)18)25(21,22)13-8-16(3,4)24-19-13/h5-7H,8H2,1-4H3/b15-9-. The summed E-state index contributed by atoms with van der Waals surface area (Å²) < 4.78 is 59.2. The van der Waals surface area contributed by atoms with Crippen LogP contribution in [0.15, 0.2) is 29.1 Å². The molecule has 0 spiro atoms. The van der Waals surface area contributed by atoms with Gasteiger partial charge in [-0.15, -0.1) is 0 Å². The van der Waals surface area contributed by atoms with Crippen molar-refractivity contribution in [1.29, 1.82) is 0 Å². The first-order valence-electron chi connectivity index (χ1n) is 7.29. The van der Waals surface area contributed by atoms with E-state index >= 15 is 0 Å². The first kappa shape index (κ1) is 19.0. The summed E-state index contributed by atoms with van der Waals surface area (Å²) in [4.78, 5) is 15.5. The van der Waals surface area contributed by atoms with E-state index < -0.39 is 54.3 Å². The normalized spacial score (nSPS) is 17.4. The zero-order chi connectivity index (χ0) is 19.0. The number of sulfone groups is 1. The van der Waals surface area contributed by atoms with E-state index in [1.165, 1.54) is 0 Å². The number of carbonyl (C=O) groups is 1. The van der Waals surface area contributed by atoms with Gasteiger partial charge in [-0.2, -0.15) is 0 Å². The second kappa shape index (κ2) is 6.55. The molecule has 1 heterocycles. The first-order valence-corrected chi connectivity index (χ1v) is 8.78. The molecule has 1 aromatic carbocycles. The lowest BCUT2D eigenvalue weighted by atomic mass is 10.1. The van der Waals surface area contributed by atoms with Crippen LogP contribution in [0.1, 0.15) is 39.7 Å². The third kappa shape index (κ3) is 3.87. The van der Waals surface area contributed by atoms with Crippen LogP contribution < -0.4 is 0 Å². The van der Waals surface area contributed by atoms with Gasteiger partial charge in [0.15, 0.2) is 5.04 Å². The van der Waals surface area contributed by atoms with Crippen molar-refractivity contribution in [3.05, 3.63) is 41.2 Å². The van der Waals surface area contributed by atoms with Crippen LogP contribution in [0, 0.1) is 11.6 Å². The number of esters is 1. The average Bonchev–Trinajstić information content (AvgIpc) is 2.82. The topological polar surface area (TPSA) is 82.0 Å². The van der Waals surface area contributed by atoms with E-state index in [0.717, 1.165) is 32.0 Å². The minimum absolute atomic E-state index is 0.0950. The maximum atomic E-state index is 14.2. The largest absolute Gasteiger partial charge is 0.430 e. The highest BCUT2D eigenvalue weighted by Crippen LogP contribution is 2.35. The Hall–Kier alpha value is -2.29. The van der Waals surface area contributed by atoms with Crippen LogP contribution in [0.4, 0.5) is 8.78 Å². The third-order valence-corrected chi connectivity index (χ3v) is 5.23. The summed E-state index contributed by atoms with van der Waals surface area (Å²) in [6.07, 6.45) is -0.0950. The maximum absolute atomic E-state index is 14.2. The number of halogens is 2. The van der Waals surface area contributed by atoms with Crippen LogP contribution in [-0.2, 0) is 24.2 Å². The molecule has 1 aliphatic heterocycles. The molecule has 0 saturated heterocycles. The zero-order valence-electron chi connectivity index (χ0n) is 14.1. The van der Waals surface area contributed by atoms with Crippen LogP contribution in [0.25, 0.3) is 4.91 Å². The van der Waals surface area contributed by atoms with Crippen molar-refractivity contribution in [3.8, 4) is 0 Å². The minimum atomic E-state index is -4.47. The highest BCUT2D eigenvalue weighted by molar-refractivity contribution is 8.14. The fourth-order valence-electron chi connectivity index (χ4n) is 2.34. The summed E-state index contributed by atoms with van der Waals surface area (Å²) in [5.74, 6) is -3.50. The van der Waals surface area contributed by atoms with Crippen molar-refractivity contribution < 1.29 is 31.6 Å². The molecule has 0 unspecified atom stereocenters. The number of oxime groups is 1. The molecular formula is C16H17F2NO5S. The molecule has 0 atom stereocenters. The number of hydrogen-bond acceptors (Lipinski definition) is 6. The van der Waals surface area contributed by atoms with Crippen molar-refractivity contribution in [1.82, 2.24) is 0 Å². The van der Waals surface area contributed by atoms with Crippen molar-refractivity contribution >= 4 is 25.8 Å². The van der Waals surface area contributed by atoms with E-state index in [2.05, 4.69) is 5.16 Å². The summed E-state index contributed by atoms with van der Waals surface area (Å²) in [5.41, 5.74) is -1.69. The number of carbonyl (C=O) groups excluding carboxylic acids is 1. The van der Waals surface area contributed by atoms with Crippen LogP contribution >= 0.6 is 0 Å². The highest BCUT2D eigenvalue weighted by Gasteiger charge is 2.41. The van der Waals surface area contributed by atoms with E-state index in [4.69, 9.17) is 9.57 Å². The zero-order valence-corrected chi connectivity index (χ0v) is 14.9. The Kier molecular flexibility index (Phi) is 4.99. The molecule has 0 N–H and O–H groups in total. The van der Waals surface area contributed by atoms with Gasteiger partial charge in [-0.1, -0.05) is 11.2 Å². The number of ether oxygens (including phenoxy) is 1. The molecule has 9 heteroatoms. The van der Waals surface area contributed by atoms with Gasteiger partial charge in [-0.25, -0.2) is 17.2 Å². The average molecular weight is 373 g/mol. The summed E-state index contributed by atoms with van der Waals surface area (Å²) in [5, 5.41) is 3.14. The molecule has 0 aliphatic carbocycles. The molecule has 25 heavy (non-hydrogen) atoms. The fraction of sp³-hybridized carbons (Fsp3) is 0.375. The van der Waals surface area contributed by atoms with Gasteiger partial charge in [-0.3, -0.25) is 4.79 Å². The highest BCUT2D eigenvalue weighted by atomic mass is 32.2. The lowest BCUT2D eigenvalue weighted by molar-refractivity contribution is -0.136. The van der Waals surface area contributed by atoms with Crippen LogP contribution in [-0.4, -0.2) is 25.0 Å². The quantitative estimate of drug-likeness (QED) is 0.600. The van der Waals surface area contributed by atoms with Gasteiger partial charge in [0.25, 0.3) is 0 Å². The number of nitrogens with zero attached hydrogens (tertiary/aromatic N) is 1. The molecular weight excluding hydrogens is 356 g/mol. The molecule has 2 rings (SSSR count). The van der Waals surface area contributed by atoms with Crippen LogP contribution in [0.3, 0.4) is 0 Å². The molecule has 136 valence electrons. The van der Waals surface area contributed by atoms with Gasteiger partial charge in [0.05, 0.1) is 5.56 Å². The van der Waals surface area contributed by atoms with Gasteiger partial charge in [-0.05, 0) is 32.9 Å². The Morgan fingerprint density at radius 1 is 1.24 bits per heavy atom. The van der Waals surface area contributed by atoms with Crippen LogP contribution in [0.2, 0.25) is 0 Å². The van der Waals surface area contributed by atoms with Gasteiger partial charge < -0.3 is 9.57 Å². The monoisotopic (exact) mass is 373 g/mol.